The van der Waals surface area contributed by atoms with Gasteiger partial charge in [-0.25, -0.2) is 0 Å². The molecule has 0 saturated heterocycles. The molecule has 3 rings (SSSR count). The third kappa shape index (κ3) is 3.93. The number of fused-ring (bicyclic) bond motifs is 1. The minimum Gasteiger partial charge on any atom is -0.376 e. The molecule has 3 aromatic rings. The topological polar surface area (TPSA) is 65.4 Å². The fraction of sp³-hybridized carbons (Fsp3) is 0.278. The van der Waals surface area contributed by atoms with E-state index in [4.69, 9.17) is 0 Å². The minimum absolute atomic E-state index is 0.169. The maximum atomic E-state index is 12.7. The molecule has 5 nitrogen and oxygen atoms in total. The Bertz CT molecular complexity index is 1160. The van der Waals surface area contributed by atoms with E-state index in [2.05, 4.69) is 10.4 Å². The summed E-state index contributed by atoms with van der Waals surface area (Å²) in [6.07, 6.45) is 3.00. The summed E-state index contributed by atoms with van der Waals surface area (Å²) in [4.78, 5) is 13.5. The summed E-state index contributed by atoms with van der Waals surface area (Å²) in [5.74, 6) is -0.362. The van der Waals surface area contributed by atoms with E-state index in [9.17, 15) is 26.4 Å². The highest BCUT2D eigenvalue weighted by Crippen LogP contribution is 2.34. The molecule has 0 bridgehead atoms. The van der Waals surface area contributed by atoms with E-state index in [-0.39, 0.29) is 22.2 Å². The number of pyridine rings is 1. The van der Waals surface area contributed by atoms with Crippen molar-refractivity contribution in [2.45, 2.75) is 25.9 Å². The molecule has 0 aliphatic heterocycles. The molecule has 149 valence electrons. The van der Waals surface area contributed by atoms with Gasteiger partial charge in [-0.15, -0.1) is 11.3 Å². The molecule has 0 N–H and O–H groups in total. The number of hydrogen-bond acceptors (Lipinski definition) is 5. The predicted octanol–water partition coefficient (Wildman–Crippen LogP) is 4.41. The lowest BCUT2D eigenvalue weighted by atomic mass is 10.1. The summed E-state index contributed by atoms with van der Waals surface area (Å²) in [7, 11) is -5.81. The summed E-state index contributed by atoms with van der Waals surface area (Å²) in [5, 5.41) is 2.31. The summed E-state index contributed by atoms with van der Waals surface area (Å²) in [6, 6.07) is 6.98. The van der Waals surface area contributed by atoms with E-state index in [0.717, 1.165) is 17.0 Å². The number of benzene rings is 1. The molecule has 28 heavy (non-hydrogen) atoms. The highest BCUT2D eigenvalue weighted by molar-refractivity contribution is 7.88. The number of halogens is 3. The Morgan fingerprint density at radius 2 is 1.93 bits per heavy atom. The van der Waals surface area contributed by atoms with Crippen LogP contribution in [0.2, 0.25) is 0 Å². The second kappa shape index (κ2) is 7.25. The fourth-order valence-electron chi connectivity index (χ4n) is 2.64. The molecular formula is C18H15F3NO4S2. The monoisotopic (exact) mass is 430 g/mol. The van der Waals surface area contributed by atoms with Crippen molar-refractivity contribution in [1.82, 2.24) is 4.57 Å². The van der Waals surface area contributed by atoms with Gasteiger partial charge in [-0.1, -0.05) is 19.9 Å². The molecular weight excluding hydrogens is 415 g/mol. The lowest BCUT2D eigenvalue weighted by Crippen LogP contribution is -2.28. The second-order valence-corrected chi connectivity index (χ2v) is 8.95. The first-order valence-electron chi connectivity index (χ1n) is 8.14. The molecule has 0 aliphatic carbocycles. The van der Waals surface area contributed by atoms with Crippen molar-refractivity contribution in [3.63, 3.8) is 0 Å². The van der Waals surface area contributed by atoms with Crippen LogP contribution in [-0.4, -0.2) is 18.5 Å². The smallest absolute Gasteiger partial charge is 0.376 e. The van der Waals surface area contributed by atoms with Crippen molar-refractivity contribution in [2.24, 2.45) is 5.92 Å². The average Bonchev–Trinajstić information content (AvgIpc) is 3.10. The van der Waals surface area contributed by atoms with Crippen molar-refractivity contribution in [3.8, 4) is 16.2 Å². The largest absolute Gasteiger partial charge is 0.534 e. The van der Waals surface area contributed by atoms with Gasteiger partial charge in [0.1, 0.15) is 5.75 Å². The molecule has 0 atom stereocenters. The Hall–Kier alpha value is -2.33. The zero-order valence-electron chi connectivity index (χ0n) is 14.8. The van der Waals surface area contributed by atoms with Gasteiger partial charge in [-0.2, -0.15) is 21.6 Å². The van der Waals surface area contributed by atoms with Gasteiger partial charge in [0, 0.05) is 27.8 Å². The van der Waals surface area contributed by atoms with Gasteiger partial charge in [-0.05, 0) is 35.6 Å². The Kier molecular flexibility index (Phi) is 5.28. The van der Waals surface area contributed by atoms with Gasteiger partial charge in [-0.3, -0.25) is 4.79 Å². The van der Waals surface area contributed by atoms with Crippen molar-refractivity contribution in [2.75, 3.05) is 0 Å². The SMILES string of the molecule is CC(C)Cn1[c]c(-c2cccs2)c2cc(OS(=O)(=O)C(F)(F)F)ccc2c1=O. The van der Waals surface area contributed by atoms with Gasteiger partial charge in [0.15, 0.2) is 0 Å². The van der Waals surface area contributed by atoms with Gasteiger partial charge in [0.25, 0.3) is 5.56 Å². The zero-order chi connectivity index (χ0) is 20.7. The molecule has 0 aliphatic rings. The van der Waals surface area contributed by atoms with Crippen LogP contribution in [0.3, 0.4) is 0 Å². The molecule has 2 heterocycles. The summed E-state index contributed by atoms with van der Waals surface area (Å²) in [5.41, 5.74) is -5.43. The van der Waals surface area contributed by atoms with Crippen LogP contribution in [0.5, 0.6) is 5.75 Å². The Balaban J connectivity index is 2.22. The van der Waals surface area contributed by atoms with E-state index in [1.807, 2.05) is 13.8 Å². The van der Waals surface area contributed by atoms with Gasteiger partial charge < -0.3 is 8.75 Å². The number of nitrogens with zero attached hydrogens (tertiary/aromatic N) is 1. The first-order valence-corrected chi connectivity index (χ1v) is 10.4. The van der Waals surface area contributed by atoms with E-state index < -0.39 is 21.4 Å². The molecule has 0 unspecified atom stereocenters. The Labute approximate surface area is 163 Å². The van der Waals surface area contributed by atoms with Crippen LogP contribution in [0.4, 0.5) is 13.2 Å². The van der Waals surface area contributed by atoms with Crippen LogP contribution in [0.15, 0.2) is 40.5 Å². The van der Waals surface area contributed by atoms with Crippen molar-refractivity contribution < 1.29 is 25.8 Å². The minimum atomic E-state index is -5.81. The van der Waals surface area contributed by atoms with Crippen LogP contribution in [0, 0.1) is 12.1 Å². The quantitative estimate of drug-likeness (QED) is 0.444. The first kappa shape index (κ1) is 20.4. The number of rotatable bonds is 5. The van der Waals surface area contributed by atoms with E-state index in [0.29, 0.717) is 12.1 Å². The number of aromatic nitrogens is 1. The lowest BCUT2D eigenvalue weighted by molar-refractivity contribution is -0.0500. The van der Waals surface area contributed by atoms with Crippen LogP contribution in [-0.2, 0) is 16.7 Å². The van der Waals surface area contributed by atoms with Crippen LogP contribution >= 0.6 is 11.3 Å². The number of alkyl halides is 3. The average molecular weight is 430 g/mol. The molecule has 10 heteroatoms. The molecule has 0 spiro atoms. The zero-order valence-corrected chi connectivity index (χ0v) is 16.4. The summed E-state index contributed by atoms with van der Waals surface area (Å²) >= 11 is 1.36. The Morgan fingerprint density at radius 1 is 1.21 bits per heavy atom. The summed E-state index contributed by atoms with van der Waals surface area (Å²) < 4.78 is 66.0. The lowest BCUT2D eigenvalue weighted by Gasteiger charge is -2.14. The maximum absolute atomic E-state index is 12.7. The molecule has 0 saturated carbocycles. The first-order chi connectivity index (χ1) is 13.0. The fourth-order valence-corrected chi connectivity index (χ4v) is 3.82. The second-order valence-electron chi connectivity index (χ2n) is 6.46. The highest BCUT2D eigenvalue weighted by Gasteiger charge is 2.48. The number of thiophene rings is 1. The normalized spacial score (nSPS) is 12.6. The molecule has 1 aromatic carbocycles. The van der Waals surface area contributed by atoms with Gasteiger partial charge >= 0.3 is 15.6 Å². The third-order valence-corrected chi connectivity index (χ3v) is 5.65. The number of hydrogen-bond donors (Lipinski definition) is 0. The third-order valence-electron chi connectivity index (χ3n) is 3.79. The van der Waals surface area contributed by atoms with Crippen molar-refractivity contribution in [1.29, 1.82) is 0 Å². The van der Waals surface area contributed by atoms with Crippen LogP contribution < -0.4 is 9.74 Å². The van der Waals surface area contributed by atoms with E-state index in [1.165, 1.54) is 22.0 Å². The molecule has 1 radical (unpaired) electrons. The Morgan fingerprint density at radius 3 is 2.50 bits per heavy atom. The molecule has 0 fully saturated rings. The summed E-state index contributed by atoms with van der Waals surface area (Å²) in [6.45, 7) is 4.29. The van der Waals surface area contributed by atoms with Crippen molar-refractivity contribution in [3.05, 3.63) is 52.3 Å². The van der Waals surface area contributed by atoms with Gasteiger partial charge in [0.2, 0.25) is 0 Å². The standard InChI is InChI=1S/C18H15F3NO4S2/c1-11(2)9-22-10-15(16-4-3-7-27-16)14-8-12(5-6-13(14)17(22)23)26-28(24,25)18(19,20)21/h3-8,11H,9H2,1-2H3. The maximum Gasteiger partial charge on any atom is 0.534 e. The van der Waals surface area contributed by atoms with Crippen LogP contribution in [0.1, 0.15) is 13.8 Å². The van der Waals surface area contributed by atoms with E-state index in [1.54, 1.807) is 17.5 Å². The molecule has 2 aromatic heterocycles. The van der Waals surface area contributed by atoms with Crippen LogP contribution in [0.25, 0.3) is 21.2 Å². The predicted molar refractivity (Wildman–Crippen MR) is 101 cm³/mol. The molecule has 0 amide bonds. The van der Waals surface area contributed by atoms with Crippen molar-refractivity contribution >= 4 is 32.2 Å². The van der Waals surface area contributed by atoms with Gasteiger partial charge in [0.05, 0.1) is 6.20 Å². The highest BCUT2D eigenvalue weighted by atomic mass is 32.2. The van der Waals surface area contributed by atoms with E-state index >= 15 is 0 Å².